The molecule has 0 aromatic carbocycles. The lowest BCUT2D eigenvalue weighted by Gasteiger charge is -2.35. The zero-order valence-corrected chi connectivity index (χ0v) is 16.7. The fourth-order valence-electron chi connectivity index (χ4n) is 3.56. The maximum Gasteiger partial charge on any atom is 0.129 e. The van der Waals surface area contributed by atoms with Crippen molar-refractivity contribution in [3.8, 4) is 0 Å². The van der Waals surface area contributed by atoms with Gasteiger partial charge in [-0.2, -0.15) is 0 Å². The highest BCUT2D eigenvalue weighted by atomic mass is 16.1. The molecule has 138 valence electrons. The lowest BCUT2D eigenvalue weighted by molar-refractivity contribution is -0.923. The van der Waals surface area contributed by atoms with Crippen LogP contribution in [0.3, 0.4) is 0 Å². The summed E-state index contributed by atoms with van der Waals surface area (Å²) >= 11 is 0. The summed E-state index contributed by atoms with van der Waals surface area (Å²) in [5.74, 6) is 0.345. The summed E-state index contributed by atoms with van der Waals surface area (Å²) in [6.45, 7) is 14.0. The number of Topliss-reactive ketones (excluding diaryl/α,β-unsaturated/α-hetero) is 1. The minimum Gasteiger partial charge on any atom is -0.324 e. The third-order valence-corrected chi connectivity index (χ3v) is 5.67. The maximum absolute atomic E-state index is 10.8. The minimum atomic E-state index is 0.345. The van der Waals surface area contributed by atoms with Crippen molar-refractivity contribution in [2.24, 2.45) is 0 Å². The Hall–Kier alpha value is -0.370. The first kappa shape index (κ1) is 22.6. The number of unbranched alkanes of at least 4 members (excludes halogenated alkanes) is 10. The number of rotatable bonds is 17. The second-order valence-corrected chi connectivity index (χ2v) is 7.36. The van der Waals surface area contributed by atoms with E-state index in [1.54, 1.807) is 6.92 Å². The van der Waals surface area contributed by atoms with Crippen LogP contribution in [0.1, 0.15) is 105 Å². The van der Waals surface area contributed by atoms with Crippen molar-refractivity contribution in [2.75, 3.05) is 26.2 Å². The number of hydrogen-bond acceptors (Lipinski definition) is 1. The smallest absolute Gasteiger partial charge is 0.129 e. The highest BCUT2D eigenvalue weighted by Crippen LogP contribution is 2.14. The summed E-state index contributed by atoms with van der Waals surface area (Å²) < 4.78 is 1.31. The summed E-state index contributed by atoms with van der Waals surface area (Å²) in [5, 5.41) is 0. The van der Waals surface area contributed by atoms with Gasteiger partial charge in [0, 0.05) is 6.42 Å². The van der Waals surface area contributed by atoms with Crippen LogP contribution < -0.4 is 0 Å². The molecule has 2 heteroatoms. The summed E-state index contributed by atoms with van der Waals surface area (Å²) in [4.78, 5) is 10.8. The van der Waals surface area contributed by atoms with Crippen molar-refractivity contribution in [3.05, 3.63) is 0 Å². The van der Waals surface area contributed by atoms with Gasteiger partial charge in [0.25, 0.3) is 0 Å². The largest absolute Gasteiger partial charge is 0.324 e. The Labute approximate surface area is 146 Å². The van der Waals surface area contributed by atoms with Crippen LogP contribution in [0.5, 0.6) is 0 Å². The van der Waals surface area contributed by atoms with E-state index >= 15 is 0 Å². The van der Waals surface area contributed by atoms with Gasteiger partial charge in [-0.15, -0.1) is 0 Å². The topological polar surface area (TPSA) is 17.1 Å². The van der Waals surface area contributed by atoms with Gasteiger partial charge < -0.3 is 9.28 Å². The molecule has 0 saturated carbocycles. The van der Waals surface area contributed by atoms with E-state index in [9.17, 15) is 4.79 Å². The summed E-state index contributed by atoms with van der Waals surface area (Å²) in [7, 11) is 0. The zero-order chi connectivity index (χ0) is 17.4. The molecule has 0 aromatic heterocycles. The molecule has 0 bridgehead atoms. The molecule has 0 radical (unpaired) electrons. The Morgan fingerprint density at radius 1 is 0.609 bits per heavy atom. The third kappa shape index (κ3) is 12.7. The fourth-order valence-corrected chi connectivity index (χ4v) is 3.56. The molecule has 0 amide bonds. The average Bonchev–Trinajstić information content (AvgIpc) is 2.56. The van der Waals surface area contributed by atoms with Gasteiger partial charge in [-0.25, -0.2) is 0 Å². The number of hydrogen-bond donors (Lipinski definition) is 0. The predicted molar refractivity (Wildman–Crippen MR) is 103 cm³/mol. The van der Waals surface area contributed by atoms with Crippen molar-refractivity contribution in [1.82, 2.24) is 0 Å². The van der Waals surface area contributed by atoms with E-state index < -0.39 is 0 Å². The Balaban J connectivity index is 3.29. The van der Waals surface area contributed by atoms with E-state index in [1.807, 2.05) is 0 Å². The second-order valence-electron chi connectivity index (χ2n) is 7.36. The molecule has 0 N–H and O–H groups in total. The van der Waals surface area contributed by atoms with Gasteiger partial charge >= 0.3 is 0 Å². The van der Waals surface area contributed by atoms with Crippen molar-refractivity contribution < 1.29 is 9.28 Å². The molecule has 0 aromatic rings. The Kier molecular flexibility index (Phi) is 14.9. The van der Waals surface area contributed by atoms with Crippen LogP contribution in [0.25, 0.3) is 0 Å². The molecule has 0 fully saturated rings. The standard InChI is InChI=1S/C21H44NO/c1-5-22(6-2,7-3)20-18-16-14-12-10-8-9-11-13-15-17-19-21(4)23/h5-20H2,1-4H3/q+1. The molecule has 0 aliphatic heterocycles. The summed E-state index contributed by atoms with van der Waals surface area (Å²) in [6, 6.07) is 0. The number of carbonyl (C=O) groups is 1. The highest BCUT2D eigenvalue weighted by Gasteiger charge is 2.19. The predicted octanol–water partition coefficient (Wildman–Crippen LogP) is 6.13. The first-order chi connectivity index (χ1) is 11.1. The average molecular weight is 327 g/mol. The van der Waals surface area contributed by atoms with E-state index in [0.29, 0.717) is 5.78 Å². The quantitative estimate of drug-likeness (QED) is 0.232. The first-order valence-corrected chi connectivity index (χ1v) is 10.4. The van der Waals surface area contributed by atoms with Crippen LogP contribution in [-0.2, 0) is 4.79 Å². The van der Waals surface area contributed by atoms with E-state index in [1.165, 1.54) is 94.9 Å². The van der Waals surface area contributed by atoms with Crippen molar-refractivity contribution in [3.63, 3.8) is 0 Å². The monoisotopic (exact) mass is 326 g/mol. The molecule has 0 unspecified atom stereocenters. The van der Waals surface area contributed by atoms with E-state index in [0.717, 1.165) is 12.8 Å². The molecule has 0 saturated heterocycles. The molecule has 2 nitrogen and oxygen atoms in total. The molecule has 0 aliphatic carbocycles. The van der Waals surface area contributed by atoms with Gasteiger partial charge in [0.2, 0.25) is 0 Å². The lowest BCUT2D eigenvalue weighted by Crippen LogP contribution is -2.48. The number of nitrogens with zero attached hydrogens (tertiary/aromatic N) is 1. The zero-order valence-electron chi connectivity index (χ0n) is 16.7. The van der Waals surface area contributed by atoms with Gasteiger partial charge in [0.1, 0.15) is 5.78 Å². The van der Waals surface area contributed by atoms with Crippen LogP contribution in [0.15, 0.2) is 0 Å². The van der Waals surface area contributed by atoms with Gasteiger partial charge in [-0.05, 0) is 47.0 Å². The summed E-state index contributed by atoms with van der Waals surface area (Å²) in [5.41, 5.74) is 0. The molecule has 0 rings (SSSR count). The fraction of sp³-hybridized carbons (Fsp3) is 0.952. The molecule has 0 heterocycles. The molecular weight excluding hydrogens is 282 g/mol. The van der Waals surface area contributed by atoms with Crippen LogP contribution in [0, 0.1) is 0 Å². The maximum atomic E-state index is 10.8. The van der Waals surface area contributed by atoms with Crippen LogP contribution in [-0.4, -0.2) is 36.4 Å². The number of quaternary nitrogens is 1. The highest BCUT2D eigenvalue weighted by molar-refractivity contribution is 5.75. The van der Waals surface area contributed by atoms with Gasteiger partial charge in [0.15, 0.2) is 0 Å². The molecular formula is C21H44NO+. The molecule has 23 heavy (non-hydrogen) atoms. The van der Waals surface area contributed by atoms with Gasteiger partial charge in [-0.3, -0.25) is 0 Å². The normalized spacial score (nSPS) is 11.8. The van der Waals surface area contributed by atoms with E-state index in [-0.39, 0.29) is 0 Å². The van der Waals surface area contributed by atoms with Crippen molar-refractivity contribution >= 4 is 5.78 Å². The van der Waals surface area contributed by atoms with E-state index in [4.69, 9.17) is 0 Å². The third-order valence-electron chi connectivity index (χ3n) is 5.67. The number of ketones is 1. The Morgan fingerprint density at radius 2 is 0.957 bits per heavy atom. The summed E-state index contributed by atoms with van der Waals surface area (Å²) in [6.07, 6.45) is 15.7. The molecule has 0 spiro atoms. The van der Waals surface area contributed by atoms with Crippen molar-refractivity contribution in [2.45, 2.75) is 105 Å². The van der Waals surface area contributed by atoms with Crippen molar-refractivity contribution in [1.29, 1.82) is 0 Å². The Morgan fingerprint density at radius 3 is 1.30 bits per heavy atom. The first-order valence-electron chi connectivity index (χ1n) is 10.4. The SMILES string of the molecule is CC[N+](CC)(CC)CCCCCCCCCCCCCC(C)=O. The van der Waals surface area contributed by atoms with Crippen LogP contribution in [0.4, 0.5) is 0 Å². The Bertz CT molecular complexity index is 263. The second kappa shape index (κ2) is 15.2. The minimum absolute atomic E-state index is 0.345. The molecule has 0 atom stereocenters. The number of carbonyl (C=O) groups excluding carboxylic acids is 1. The molecule has 0 aliphatic rings. The van der Waals surface area contributed by atoms with Crippen LogP contribution >= 0.6 is 0 Å². The van der Waals surface area contributed by atoms with Crippen LogP contribution in [0.2, 0.25) is 0 Å². The van der Waals surface area contributed by atoms with Gasteiger partial charge in [-0.1, -0.05) is 51.4 Å². The lowest BCUT2D eigenvalue weighted by atomic mass is 10.0. The van der Waals surface area contributed by atoms with E-state index in [2.05, 4.69) is 20.8 Å². The van der Waals surface area contributed by atoms with Gasteiger partial charge in [0.05, 0.1) is 26.2 Å².